The number of fused-ring (bicyclic) bond motifs is 1. The van der Waals surface area contributed by atoms with Crippen LogP contribution in [0.3, 0.4) is 0 Å². The van der Waals surface area contributed by atoms with E-state index in [0.29, 0.717) is 38.8 Å². The second kappa shape index (κ2) is 14.6. The number of Topliss-reactive ketones (excluding diaryl/α,β-unsaturated/α-hetero) is 1. The molecule has 10 nitrogen and oxygen atoms in total. The lowest BCUT2D eigenvalue weighted by molar-refractivity contribution is -0.144. The molecule has 2 rings (SSSR count). The highest BCUT2D eigenvalue weighted by atomic mass is 16.5. The van der Waals surface area contributed by atoms with Gasteiger partial charge in [-0.25, -0.2) is 0 Å². The van der Waals surface area contributed by atoms with Crippen LogP contribution in [0.15, 0.2) is 12.7 Å². The minimum atomic E-state index is -0.974. The van der Waals surface area contributed by atoms with Crippen LogP contribution in [0.2, 0.25) is 0 Å². The summed E-state index contributed by atoms with van der Waals surface area (Å²) in [5.41, 5.74) is 0. The normalized spacial score (nSPS) is 27.0. The molecule has 0 aromatic carbocycles. The Kier molecular flexibility index (Phi) is 11.9. The molecule has 0 aliphatic carbocycles. The van der Waals surface area contributed by atoms with Crippen molar-refractivity contribution in [2.24, 2.45) is 11.8 Å². The van der Waals surface area contributed by atoms with E-state index in [1.165, 1.54) is 11.0 Å². The summed E-state index contributed by atoms with van der Waals surface area (Å²) in [6.07, 6.45) is 7.07. The molecule has 0 aromatic heterocycles. The molecule has 10 heteroatoms. The van der Waals surface area contributed by atoms with Crippen molar-refractivity contribution in [3.8, 4) is 0 Å². The molecule has 196 valence electrons. The monoisotopic (exact) mass is 492 g/mol. The van der Waals surface area contributed by atoms with Crippen molar-refractivity contribution in [2.75, 3.05) is 26.3 Å². The molecule has 2 heterocycles. The van der Waals surface area contributed by atoms with Gasteiger partial charge in [-0.05, 0) is 31.1 Å². The van der Waals surface area contributed by atoms with Gasteiger partial charge in [0.25, 0.3) is 5.91 Å². The van der Waals surface area contributed by atoms with Gasteiger partial charge in [0.1, 0.15) is 12.1 Å². The zero-order chi connectivity index (χ0) is 25.8. The largest absolute Gasteiger partial charge is 0.379 e. The van der Waals surface area contributed by atoms with Crippen LogP contribution in [0.25, 0.3) is 0 Å². The van der Waals surface area contributed by atoms with Crippen LogP contribution in [0.5, 0.6) is 0 Å². The Balaban J connectivity index is 2.32. The fourth-order valence-electron chi connectivity index (χ4n) is 4.79. The van der Waals surface area contributed by atoms with Gasteiger partial charge >= 0.3 is 0 Å². The molecule has 2 aliphatic heterocycles. The fourth-order valence-corrected chi connectivity index (χ4v) is 4.79. The number of carbonyl (C=O) groups is 5. The predicted molar refractivity (Wildman–Crippen MR) is 130 cm³/mol. The highest BCUT2D eigenvalue weighted by Gasteiger charge is 2.45. The summed E-state index contributed by atoms with van der Waals surface area (Å²) in [6.45, 7) is 8.51. The number of nitrogens with one attached hydrogen (secondary N) is 3. The first kappa shape index (κ1) is 28.5. The first-order valence-corrected chi connectivity index (χ1v) is 12.6. The Morgan fingerprint density at radius 2 is 1.89 bits per heavy atom. The molecule has 0 bridgehead atoms. The lowest BCUT2D eigenvalue weighted by Crippen LogP contribution is -2.58. The number of hydrogen-bond donors (Lipinski definition) is 3. The maximum Gasteiger partial charge on any atom is 0.289 e. The van der Waals surface area contributed by atoms with E-state index in [0.717, 1.165) is 25.7 Å². The molecule has 3 N–H and O–H groups in total. The van der Waals surface area contributed by atoms with Gasteiger partial charge in [-0.3, -0.25) is 24.0 Å². The third-order valence-electron chi connectivity index (χ3n) is 6.75. The van der Waals surface area contributed by atoms with Crippen molar-refractivity contribution in [1.82, 2.24) is 20.9 Å². The fraction of sp³-hybridized carbons (Fsp3) is 0.720. The van der Waals surface area contributed by atoms with Crippen LogP contribution in [-0.2, 0) is 28.7 Å². The number of carbonyl (C=O) groups excluding carboxylic acids is 5. The minimum Gasteiger partial charge on any atom is -0.379 e. The minimum absolute atomic E-state index is 0.0271. The molecule has 35 heavy (non-hydrogen) atoms. The summed E-state index contributed by atoms with van der Waals surface area (Å²) in [5, 5.41) is 7.80. The van der Waals surface area contributed by atoms with E-state index < -0.39 is 35.7 Å². The third kappa shape index (κ3) is 8.16. The smallest absolute Gasteiger partial charge is 0.289 e. The van der Waals surface area contributed by atoms with E-state index in [4.69, 9.17) is 4.74 Å². The SMILES string of the molecule is C=CCNC(=O)C(=O)[C@@H]1CCCCCCCOC[C@H](NC=O)C(=O)N2CC[C@H](C(C)C)[C@H]2C(=O)N1. The second-order valence-electron chi connectivity index (χ2n) is 9.57. The lowest BCUT2D eigenvalue weighted by Gasteiger charge is -2.32. The van der Waals surface area contributed by atoms with Crippen LogP contribution < -0.4 is 16.0 Å². The summed E-state index contributed by atoms with van der Waals surface area (Å²) in [7, 11) is 0. The van der Waals surface area contributed by atoms with E-state index in [-0.39, 0.29) is 30.9 Å². The van der Waals surface area contributed by atoms with Gasteiger partial charge in [0.05, 0.1) is 12.6 Å². The number of nitrogens with zero attached hydrogens (tertiary/aromatic N) is 1. The number of ether oxygens (including phenoxy) is 1. The third-order valence-corrected chi connectivity index (χ3v) is 6.75. The predicted octanol–water partition coefficient (Wildman–Crippen LogP) is 0.701. The highest BCUT2D eigenvalue weighted by Crippen LogP contribution is 2.31. The molecule has 0 saturated carbocycles. The molecule has 0 unspecified atom stereocenters. The van der Waals surface area contributed by atoms with E-state index in [1.807, 2.05) is 13.8 Å². The zero-order valence-electron chi connectivity index (χ0n) is 20.9. The maximum absolute atomic E-state index is 13.5. The number of hydrogen-bond acceptors (Lipinski definition) is 6. The van der Waals surface area contributed by atoms with Crippen molar-refractivity contribution in [3.63, 3.8) is 0 Å². The highest BCUT2D eigenvalue weighted by molar-refractivity contribution is 6.38. The second-order valence-corrected chi connectivity index (χ2v) is 9.57. The Morgan fingerprint density at radius 1 is 1.17 bits per heavy atom. The topological polar surface area (TPSA) is 134 Å². The number of ketones is 1. The van der Waals surface area contributed by atoms with Crippen molar-refractivity contribution >= 4 is 29.9 Å². The van der Waals surface area contributed by atoms with Crippen LogP contribution in [0.1, 0.15) is 58.8 Å². The van der Waals surface area contributed by atoms with Gasteiger partial charge in [0.15, 0.2) is 0 Å². The summed E-state index contributed by atoms with van der Waals surface area (Å²) in [6, 6.07) is -2.68. The Hall–Kier alpha value is -2.75. The van der Waals surface area contributed by atoms with E-state index >= 15 is 0 Å². The van der Waals surface area contributed by atoms with E-state index in [2.05, 4.69) is 22.5 Å². The standard InChI is InChI=1S/C25H40N4O6/c1-4-12-26-24(33)22(31)19-10-8-6-5-7-9-14-35-15-20(27-16-30)25(34)29-13-11-18(17(2)3)21(29)23(32)28-19/h4,16-21H,1,5-15H2,2-3H3,(H,26,33)(H,27,30)(H,28,32)/t18-,19+,20+,21+/m1/s1. The van der Waals surface area contributed by atoms with Crippen molar-refractivity contribution in [2.45, 2.75) is 76.9 Å². The van der Waals surface area contributed by atoms with Gasteiger partial charge in [-0.1, -0.05) is 45.6 Å². The molecule has 2 aliphatic rings. The Morgan fingerprint density at radius 3 is 2.57 bits per heavy atom. The average Bonchev–Trinajstić information content (AvgIpc) is 3.29. The molecular weight excluding hydrogens is 452 g/mol. The molecule has 0 aromatic rings. The average molecular weight is 493 g/mol. The number of rotatable bonds is 7. The first-order chi connectivity index (χ1) is 16.8. The quantitative estimate of drug-likeness (QED) is 0.272. The van der Waals surface area contributed by atoms with Gasteiger partial charge < -0.3 is 25.6 Å². The van der Waals surface area contributed by atoms with Crippen LogP contribution in [0, 0.1) is 11.8 Å². The molecule has 0 radical (unpaired) electrons. The molecule has 2 saturated heterocycles. The molecule has 4 atom stereocenters. The van der Waals surface area contributed by atoms with Gasteiger partial charge in [0.2, 0.25) is 24.0 Å². The van der Waals surface area contributed by atoms with Crippen molar-refractivity contribution in [3.05, 3.63) is 12.7 Å². The van der Waals surface area contributed by atoms with E-state index in [1.54, 1.807) is 0 Å². The molecule has 2 fully saturated rings. The summed E-state index contributed by atoms with van der Waals surface area (Å²) >= 11 is 0. The van der Waals surface area contributed by atoms with Crippen LogP contribution in [-0.4, -0.2) is 79.2 Å². The maximum atomic E-state index is 13.5. The molecule has 0 spiro atoms. The van der Waals surface area contributed by atoms with E-state index in [9.17, 15) is 24.0 Å². The van der Waals surface area contributed by atoms with Crippen LogP contribution >= 0.6 is 0 Å². The summed E-state index contributed by atoms with van der Waals surface area (Å²) in [4.78, 5) is 64.8. The lowest BCUT2D eigenvalue weighted by atomic mass is 9.87. The van der Waals surface area contributed by atoms with Crippen LogP contribution in [0.4, 0.5) is 0 Å². The van der Waals surface area contributed by atoms with Gasteiger partial charge in [-0.2, -0.15) is 0 Å². The van der Waals surface area contributed by atoms with Crippen molar-refractivity contribution in [1.29, 1.82) is 0 Å². The number of amides is 4. The van der Waals surface area contributed by atoms with Crippen molar-refractivity contribution < 1.29 is 28.7 Å². The van der Waals surface area contributed by atoms with Gasteiger partial charge in [0, 0.05) is 19.7 Å². The molecule has 4 amide bonds. The first-order valence-electron chi connectivity index (χ1n) is 12.6. The Bertz CT molecular complexity index is 771. The summed E-state index contributed by atoms with van der Waals surface area (Å²) in [5.74, 6) is -2.33. The van der Waals surface area contributed by atoms with Gasteiger partial charge in [-0.15, -0.1) is 6.58 Å². The summed E-state index contributed by atoms with van der Waals surface area (Å²) < 4.78 is 5.66. The zero-order valence-corrected chi connectivity index (χ0v) is 20.9. The Labute approximate surface area is 207 Å². The molecular formula is C25H40N4O6.